The van der Waals surface area contributed by atoms with Crippen molar-refractivity contribution < 1.29 is 4.79 Å². The summed E-state index contributed by atoms with van der Waals surface area (Å²) in [6.07, 6.45) is 2.43. The molecule has 1 saturated heterocycles. The van der Waals surface area contributed by atoms with E-state index in [2.05, 4.69) is 34.6 Å². The lowest BCUT2D eigenvalue weighted by atomic mass is 10.2. The molecule has 1 unspecified atom stereocenters. The molecule has 1 amide bonds. The molecule has 0 radical (unpaired) electrons. The van der Waals surface area contributed by atoms with E-state index in [1.54, 1.807) is 0 Å². The third-order valence-electron chi connectivity index (χ3n) is 3.96. The average Bonchev–Trinajstić information content (AvgIpc) is 3.16. The molecule has 1 aliphatic carbocycles. The Morgan fingerprint density at radius 1 is 1.42 bits per heavy atom. The summed E-state index contributed by atoms with van der Waals surface area (Å²) in [5.41, 5.74) is 1.68. The minimum absolute atomic E-state index is 0.0506. The molecule has 104 valence electrons. The molecular formula is C13H20N4OS. The summed E-state index contributed by atoms with van der Waals surface area (Å²) in [5.74, 6) is 0.658. The first-order valence-electron chi connectivity index (χ1n) is 6.92. The van der Waals surface area contributed by atoms with Crippen LogP contribution in [0.3, 0.4) is 0 Å². The van der Waals surface area contributed by atoms with E-state index in [-0.39, 0.29) is 11.3 Å². The number of amides is 1. The third-order valence-corrected chi connectivity index (χ3v) is 4.29. The Kier molecular flexibility index (Phi) is 3.54. The summed E-state index contributed by atoms with van der Waals surface area (Å²) in [4.78, 5) is 16.5. The zero-order valence-electron chi connectivity index (χ0n) is 11.2. The quantitative estimate of drug-likeness (QED) is 0.821. The van der Waals surface area contributed by atoms with Crippen molar-refractivity contribution in [3.05, 3.63) is 17.5 Å². The van der Waals surface area contributed by atoms with E-state index < -0.39 is 0 Å². The van der Waals surface area contributed by atoms with Crippen molar-refractivity contribution in [2.24, 2.45) is 0 Å². The van der Waals surface area contributed by atoms with Crippen LogP contribution in [0.4, 0.5) is 0 Å². The summed E-state index contributed by atoms with van der Waals surface area (Å²) in [5, 5.41) is 7.41. The van der Waals surface area contributed by atoms with E-state index in [1.165, 1.54) is 12.8 Å². The highest BCUT2D eigenvalue weighted by molar-refractivity contribution is 7.80. The number of hydrogen-bond donors (Lipinski definition) is 2. The van der Waals surface area contributed by atoms with Crippen LogP contribution in [0.25, 0.3) is 0 Å². The van der Waals surface area contributed by atoms with Gasteiger partial charge < -0.3 is 4.90 Å². The summed E-state index contributed by atoms with van der Waals surface area (Å²) in [7, 11) is 0. The lowest BCUT2D eigenvalue weighted by Crippen LogP contribution is -2.50. The number of nitrogens with one attached hydrogen (secondary N) is 1. The van der Waals surface area contributed by atoms with Gasteiger partial charge in [-0.3, -0.25) is 14.8 Å². The fraction of sp³-hybridized carbons (Fsp3) is 0.692. The first-order chi connectivity index (χ1) is 9.15. The standard InChI is InChI=1S/C13H20N4OS/c1-9(19)16-4-6-17(7-5-16)13(18)12-8-11(14-15-12)10-2-3-10/h8-10,19H,2-7H2,1H3,(H,14,15). The van der Waals surface area contributed by atoms with Crippen LogP contribution in [0.2, 0.25) is 0 Å². The Hall–Kier alpha value is -1.01. The lowest BCUT2D eigenvalue weighted by molar-refractivity contribution is 0.0625. The van der Waals surface area contributed by atoms with Gasteiger partial charge in [0.15, 0.2) is 0 Å². The number of thiol groups is 1. The van der Waals surface area contributed by atoms with Crippen LogP contribution in [-0.4, -0.2) is 57.5 Å². The van der Waals surface area contributed by atoms with Gasteiger partial charge in [0.25, 0.3) is 5.91 Å². The van der Waals surface area contributed by atoms with E-state index in [1.807, 2.05) is 11.0 Å². The zero-order chi connectivity index (χ0) is 13.4. The average molecular weight is 280 g/mol. The predicted octanol–water partition coefficient (Wildman–Crippen LogP) is 1.32. The van der Waals surface area contributed by atoms with Gasteiger partial charge in [0.2, 0.25) is 0 Å². The Morgan fingerprint density at radius 3 is 2.68 bits per heavy atom. The molecule has 0 aromatic carbocycles. The molecule has 2 fully saturated rings. The first-order valence-corrected chi connectivity index (χ1v) is 7.43. The molecule has 0 bridgehead atoms. The van der Waals surface area contributed by atoms with Gasteiger partial charge in [0.1, 0.15) is 5.69 Å². The summed E-state index contributed by atoms with van der Waals surface area (Å²) < 4.78 is 0. The van der Waals surface area contributed by atoms with Crippen molar-refractivity contribution in [3.8, 4) is 0 Å². The van der Waals surface area contributed by atoms with Crippen LogP contribution in [0.5, 0.6) is 0 Å². The van der Waals surface area contributed by atoms with Gasteiger partial charge in [-0.25, -0.2) is 0 Å². The molecular weight excluding hydrogens is 260 g/mol. The number of carbonyl (C=O) groups is 1. The van der Waals surface area contributed by atoms with Gasteiger partial charge >= 0.3 is 0 Å². The molecule has 3 rings (SSSR count). The molecule has 1 aromatic heterocycles. The van der Waals surface area contributed by atoms with E-state index in [9.17, 15) is 4.79 Å². The minimum atomic E-state index is 0.0506. The third kappa shape index (κ3) is 2.79. The summed E-state index contributed by atoms with van der Waals surface area (Å²) >= 11 is 4.43. The molecule has 1 aromatic rings. The van der Waals surface area contributed by atoms with Crippen molar-refractivity contribution in [1.82, 2.24) is 20.0 Å². The molecule has 0 spiro atoms. The van der Waals surface area contributed by atoms with Gasteiger partial charge in [-0.1, -0.05) is 0 Å². The van der Waals surface area contributed by atoms with Gasteiger partial charge in [-0.05, 0) is 25.8 Å². The highest BCUT2D eigenvalue weighted by Gasteiger charge is 2.29. The SMILES string of the molecule is CC(S)N1CCN(C(=O)c2cc(C3CC3)[nH]n2)CC1. The maximum atomic E-state index is 12.3. The number of hydrogen-bond acceptors (Lipinski definition) is 4. The predicted molar refractivity (Wildman–Crippen MR) is 76.5 cm³/mol. The summed E-state index contributed by atoms with van der Waals surface area (Å²) in [6.45, 7) is 5.35. The smallest absolute Gasteiger partial charge is 0.274 e. The van der Waals surface area contributed by atoms with Crippen molar-refractivity contribution in [1.29, 1.82) is 0 Å². The van der Waals surface area contributed by atoms with Crippen LogP contribution >= 0.6 is 12.6 Å². The van der Waals surface area contributed by atoms with Gasteiger partial charge in [0.05, 0.1) is 5.37 Å². The van der Waals surface area contributed by atoms with Gasteiger partial charge in [-0.15, -0.1) is 0 Å². The Bertz CT molecular complexity index is 461. The minimum Gasteiger partial charge on any atom is -0.335 e. The second-order valence-corrected chi connectivity index (χ2v) is 6.19. The van der Waals surface area contributed by atoms with Crippen LogP contribution in [0.15, 0.2) is 6.07 Å². The van der Waals surface area contributed by atoms with Gasteiger partial charge in [-0.2, -0.15) is 17.7 Å². The van der Waals surface area contributed by atoms with E-state index in [0.717, 1.165) is 31.9 Å². The maximum absolute atomic E-state index is 12.3. The zero-order valence-corrected chi connectivity index (χ0v) is 12.1. The monoisotopic (exact) mass is 280 g/mol. The van der Waals surface area contributed by atoms with E-state index in [4.69, 9.17) is 0 Å². The summed E-state index contributed by atoms with van der Waals surface area (Å²) in [6, 6.07) is 1.92. The number of rotatable bonds is 3. The molecule has 19 heavy (non-hydrogen) atoms. The Morgan fingerprint density at radius 2 is 2.11 bits per heavy atom. The van der Waals surface area contributed by atoms with Crippen LogP contribution in [0.1, 0.15) is 41.9 Å². The van der Waals surface area contributed by atoms with Crippen LogP contribution in [-0.2, 0) is 0 Å². The van der Waals surface area contributed by atoms with Crippen LogP contribution < -0.4 is 0 Å². The highest BCUT2D eigenvalue weighted by atomic mass is 32.1. The molecule has 6 heteroatoms. The number of piperazine rings is 1. The molecule has 1 aliphatic heterocycles. The number of aromatic nitrogens is 2. The van der Waals surface area contributed by atoms with Crippen molar-refractivity contribution in [2.75, 3.05) is 26.2 Å². The topological polar surface area (TPSA) is 52.2 Å². The molecule has 2 heterocycles. The fourth-order valence-electron chi connectivity index (χ4n) is 2.51. The molecule has 1 saturated carbocycles. The second-order valence-electron chi connectivity index (χ2n) is 5.44. The largest absolute Gasteiger partial charge is 0.335 e. The maximum Gasteiger partial charge on any atom is 0.274 e. The number of aromatic amines is 1. The number of carbonyl (C=O) groups excluding carboxylic acids is 1. The first kappa shape index (κ1) is 13.0. The van der Waals surface area contributed by atoms with Crippen molar-refractivity contribution in [2.45, 2.75) is 31.1 Å². The Balaban J connectivity index is 1.61. The van der Waals surface area contributed by atoms with Crippen molar-refractivity contribution >= 4 is 18.5 Å². The van der Waals surface area contributed by atoms with Gasteiger partial charge in [0, 0.05) is 37.8 Å². The number of nitrogens with zero attached hydrogens (tertiary/aromatic N) is 3. The molecule has 1 atom stereocenters. The normalized spacial score (nSPS) is 22.5. The van der Waals surface area contributed by atoms with E-state index in [0.29, 0.717) is 11.6 Å². The second kappa shape index (κ2) is 5.17. The Labute approximate surface area is 118 Å². The lowest BCUT2D eigenvalue weighted by Gasteiger charge is -2.36. The molecule has 5 nitrogen and oxygen atoms in total. The highest BCUT2D eigenvalue weighted by Crippen LogP contribution is 2.39. The van der Waals surface area contributed by atoms with E-state index >= 15 is 0 Å². The fourth-order valence-corrected chi connectivity index (χ4v) is 2.74. The van der Waals surface area contributed by atoms with Crippen molar-refractivity contribution in [3.63, 3.8) is 0 Å². The molecule has 1 N–H and O–H groups in total. The number of H-pyrrole nitrogens is 1. The molecule has 2 aliphatic rings. The van der Waals surface area contributed by atoms with Crippen LogP contribution in [0, 0.1) is 0 Å².